The Hall–Kier alpha value is -3.36. The second-order valence-electron chi connectivity index (χ2n) is 7.39. The number of hydrogen-bond acceptors (Lipinski definition) is 2. The molecule has 0 atom stereocenters. The Labute approximate surface area is 188 Å². The molecule has 0 heterocycles. The third-order valence-corrected chi connectivity index (χ3v) is 4.59. The normalized spacial score (nSPS) is 9.52. The van der Waals surface area contributed by atoms with Gasteiger partial charge >= 0.3 is 0 Å². The van der Waals surface area contributed by atoms with E-state index >= 15 is 0 Å². The van der Waals surface area contributed by atoms with E-state index in [1.807, 2.05) is 57.5 Å². The summed E-state index contributed by atoms with van der Waals surface area (Å²) >= 11 is 0. The molecule has 0 aliphatic rings. The first kappa shape index (κ1) is 23.9. The smallest absolute Gasteiger partial charge is 0.0360 e. The first-order chi connectivity index (χ1) is 15.2. The number of nitrogens with one attached hydrogen (secondary N) is 1. The van der Waals surface area contributed by atoms with Gasteiger partial charge in [-0.05, 0) is 42.3 Å². The lowest BCUT2D eigenvalue weighted by atomic mass is 10.1. The molecule has 0 unspecified atom stereocenters. The largest absolute Gasteiger partial charge is 0.378 e. The molecule has 0 saturated heterocycles. The van der Waals surface area contributed by atoms with Gasteiger partial charge < -0.3 is 10.2 Å². The lowest BCUT2D eigenvalue weighted by Gasteiger charge is -2.10. The molecular weight excluding hydrogens is 376 g/mol. The zero-order valence-corrected chi connectivity index (χ0v) is 18.9. The number of nitrogens with zero attached hydrogens (tertiary/aromatic N) is 1. The maximum Gasteiger partial charge on any atom is 0.0360 e. The number of benzene rings is 4. The van der Waals surface area contributed by atoms with E-state index in [0.29, 0.717) is 0 Å². The van der Waals surface area contributed by atoms with Crippen LogP contribution in [0.4, 0.5) is 5.69 Å². The molecule has 4 aromatic rings. The lowest BCUT2D eigenvalue weighted by Crippen LogP contribution is -2.07. The van der Waals surface area contributed by atoms with Gasteiger partial charge in [0.1, 0.15) is 0 Å². The molecule has 160 valence electrons. The molecule has 0 aliphatic carbocycles. The predicted octanol–water partition coefficient (Wildman–Crippen LogP) is 6.44. The molecule has 0 saturated carbocycles. The van der Waals surface area contributed by atoms with Crippen molar-refractivity contribution in [1.82, 2.24) is 5.32 Å². The minimum Gasteiger partial charge on any atom is -0.378 e. The van der Waals surface area contributed by atoms with Crippen LogP contribution in [-0.2, 0) is 13.0 Å². The Morgan fingerprint density at radius 1 is 0.516 bits per heavy atom. The molecular formula is C29H34N2. The molecule has 0 aromatic heterocycles. The van der Waals surface area contributed by atoms with Gasteiger partial charge in [-0.25, -0.2) is 0 Å². The van der Waals surface area contributed by atoms with Gasteiger partial charge in [0.15, 0.2) is 0 Å². The summed E-state index contributed by atoms with van der Waals surface area (Å²) in [7, 11) is 6.03. The third-order valence-electron chi connectivity index (χ3n) is 4.59. The maximum absolute atomic E-state index is 3.08. The number of para-hydroxylation sites is 1. The highest BCUT2D eigenvalue weighted by Gasteiger charge is 1.92. The highest BCUT2D eigenvalue weighted by molar-refractivity contribution is 5.43. The van der Waals surface area contributed by atoms with Crippen LogP contribution in [0, 0.1) is 0 Å². The molecule has 0 aliphatic heterocycles. The summed E-state index contributed by atoms with van der Waals surface area (Å²) in [6, 6.07) is 41.7. The van der Waals surface area contributed by atoms with Crippen molar-refractivity contribution in [2.75, 3.05) is 26.0 Å². The Kier molecular flexibility index (Phi) is 11.3. The van der Waals surface area contributed by atoms with E-state index in [2.05, 4.69) is 95.1 Å². The van der Waals surface area contributed by atoms with Gasteiger partial charge in [0.2, 0.25) is 0 Å². The Balaban J connectivity index is 0.000000170. The Bertz CT molecular complexity index is 884. The van der Waals surface area contributed by atoms with E-state index in [0.717, 1.165) is 13.0 Å². The fourth-order valence-corrected chi connectivity index (χ4v) is 2.95. The van der Waals surface area contributed by atoms with Crippen LogP contribution in [0.3, 0.4) is 0 Å². The number of hydrogen-bond donors (Lipinski definition) is 1. The molecule has 2 nitrogen and oxygen atoms in total. The van der Waals surface area contributed by atoms with Crippen LogP contribution in [0.2, 0.25) is 0 Å². The summed E-state index contributed by atoms with van der Waals surface area (Å²) in [5, 5.41) is 3.08. The van der Waals surface area contributed by atoms with Crippen molar-refractivity contribution in [3.63, 3.8) is 0 Å². The van der Waals surface area contributed by atoms with Crippen LogP contribution in [0.15, 0.2) is 121 Å². The molecule has 4 aromatic carbocycles. The van der Waals surface area contributed by atoms with Crippen LogP contribution in [0.5, 0.6) is 0 Å². The summed E-state index contributed by atoms with van der Waals surface area (Å²) in [5.74, 6) is 0. The molecule has 0 spiro atoms. The van der Waals surface area contributed by atoms with E-state index < -0.39 is 0 Å². The molecule has 0 bridgehead atoms. The van der Waals surface area contributed by atoms with Gasteiger partial charge in [0, 0.05) is 26.3 Å². The first-order valence-corrected chi connectivity index (χ1v) is 10.7. The van der Waals surface area contributed by atoms with Crippen molar-refractivity contribution in [3.8, 4) is 0 Å². The third kappa shape index (κ3) is 10.3. The van der Waals surface area contributed by atoms with Crippen LogP contribution >= 0.6 is 0 Å². The van der Waals surface area contributed by atoms with Gasteiger partial charge in [-0.1, -0.05) is 109 Å². The van der Waals surface area contributed by atoms with Crippen LogP contribution < -0.4 is 10.2 Å². The average Bonchev–Trinajstić information content (AvgIpc) is 2.83. The minimum atomic E-state index is 0.959. The molecule has 0 fully saturated rings. The highest BCUT2D eigenvalue weighted by atomic mass is 15.1. The minimum absolute atomic E-state index is 0.959. The molecule has 0 radical (unpaired) electrons. The van der Waals surface area contributed by atoms with E-state index in [9.17, 15) is 0 Å². The fraction of sp³-hybridized carbons (Fsp3) is 0.172. The molecule has 0 amide bonds. The Morgan fingerprint density at radius 2 is 0.871 bits per heavy atom. The van der Waals surface area contributed by atoms with Gasteiger partial charge in [0.05, 0.1) is 0 Å². The summed E-state index contributed by atoms with van der Waals surface area (Å²) in [5.41, 5.74) is 5.32. The van der Waals surface area contributed by atoms with Crippen LogP contribution in [0.25, 0.3) is 0 Å². The summed E-state index contributed by atoms with van der Waals surface area (Å²) in [6.45, 7) is 0.959. The summed E-state index contributed by atoms with van der Waals surface area (Å²) < 4.78 is 0. The lowest BCUT2D eigenvalue weighted by molar-refractivity contribution is 0.818. The average molecular weight is 411 g/mol. The van der Waals surface area contributed by atoms with E-state index in [4.69, 9.17) is 0 Å². The Morgan fingerprint density at radius 3 is 1.19 bits per heavy atom. The van der Waals surface area contributed by atoms with E-state index in [1.165, 1.54) is 22.4 Å². The maximum atomic E-state index is 3.08. The zero-order chi connectivity index (χ0) is 22.2. The SMILES string of the molecule is CN(C)c1ccccc1.CNCc1ccccc1.c1ccc(Cc2ccccc2)cc1. The van der Waals surface area contributed by atoms with Crippen molar-refractivity contribution < 1.29 is 0 Å². The van der Waals surface area contributed by atoms with Crippen molar-refractivity contribution in [2.24, 2.45) is 0 Å². The van der Waals surface area contributed by atoms with E-state index in [-0.39, 0.29) is 0 Å². The number of anilines is 1. The standard InChI is InChI=1S/C13H12.2C8H11N/c1-3-7-12(8-4-1)11-13-9-5-2-6-10-13;1-9(2)8-6-4-3-5-7-8;1-9-7-8-5-3-2-4-6-8/h1-10H,11H2;3-7H,1-2H3;2-6,9H,7H2,1H3. The first-order valence-electron chi connectivity index (χ1n) is 10.7. The second kappa shape index (κ2) is 14.6. The summed E-state index contributed by atoms with van der Waals surface area (Å²) in [6.07, 6.45) is 1.03. The van der Waals surface area contributed by atoms with Crippen molar-refractivity contribution in [3.05, 3.63) is 138 Å². The number of rotatable bonds is 5. The second-order valence-corrected chi connectivity index (χ2v) is 7.39. The fourth-order valence-electron chi connectivity index (χ4n) is 2.95. The van der Waals surface area contributed by atoms with Crippen molar-refractivity contribution in [2.45, 2.75) is 13.0 Å². The molecule has 2 heteroatoms. The van der Waals surface area contributed by atoms with Gasteiger partial charge in [-0.15, -0.1) is 0 Å². The van der Waals surface area contributed by atoms with Gasteiger partial charge in [0.25, 0.3) is 0 Å². The zero-order valence-electron chi connectivity index (χ0n) is 18.9. The quantitative estimate of drug-likeness (QED) is 0.407. The van der Waals surface area contributed by atoms with Gasteiger partial charge in [-0.2, -0.15) is 0 Å². The topological polar surface area (TPSA) is 15.3 Å². The van der Waals surface area contributed by atoms with Gasteiger partial charge in [-0.3, -0.25) is 0 Å². The highest BCUT2D eigenvalue weighted by Crippen LogP contribution is 2.08. The molecule has 31 heavy (non-hydrogen) atoms. The van der Waals surface area contributed by atoms with Crippen molar-refractivity contribution >= 4 is 5.69 Å². The predicted molar refractivity (Wildman–Crippen MR) is 136 cm³/mol. The molecule has 4 rings (SSSR count). The van der Waals surface area contributed by atoms with Crippen LogP contribution in [-0.4, -0.2) is 21.1 Å². The van der Waals surface area contributed by atoms with Crippen molar-refractivity contribution in [1.29, 1.82) is 0 Å². The molecule has 1 N–H and O–H groups in total. The van der Waals surface area contributed by atoms with Crippen LogP contribution in [0.1, 0.15) is 16.7 Å². The monoisotopic (exact) mass is 410 g/mol. The summed E-state index contributed by atoms with van der Waals surface area (Å²) in [4.78, 5) is 2.08. The van der Waals surface area contributed by atoms with E-state index in [1.54, 1.807) is 0 Å².